The maximum absolute atomic E-state index is 14.5. The van der Waals surface area contributed by atoms with Gasteiger partial charge in [-0.25, -0.2) is 19.0 Å². The lowest BCUT2D eigenvalue weighted by Crippen LogP contribution is -2.47. The molecule has 4 aromatic carbocycles. The van der Waals surface area contributed by atoms with Crippen LogP contribution in [0.3, 0.4) is 0 Å². The van der Waals surface area contributed by atoms with Crippen LogP contribution in [0.4, 0.5) is 13.2 Å². The minimum Gasteiger partial charge on any atom is -0.379 e. The average molecular weight is 1630 g/mol. The number of aromatic nitrogens is 6. The lowest BCUT2D eigenvalue weighted by molar-refractivity contribution is -0.138. The van der Waals surface area contributed by atoms with Gasteiger partial charge in [-0.15, -0.1) is 0 Å². The van der Waals surface area contributed by atoms with Crippen LogP contribution >= 0.6 is 0 Å². The Balaban J connectivity index is 0.439. The van der Waals surface area contributed by atoms with Gasteiger partial charge in [0.2, 0.25) is 23.6 Å². The third kappa shape index (κ3) is 31.0. The third-order valence-electron chi connectivity index (χ3n) is 20.4. The van der Waals surface area contributed by atoms with Gasteiger partial charge in [-0.05, 0) is 146 Å². The molecule has 8 aromatic rings. The molecule has 0 atom stereocenters. The van der Waals surface area contributed by atoms with E-state index in [1.165, 1.54) is 11.6 Å². The molecule has 0 radical (unpaired) electrons. The summed E-state index contributed by atoms with van der Waals surface area (Å²) in [4.78, 5) is 94.3. The van der Waals surface area contributed by atoms with Gasteiger partial charge < -0.3 is 59.5 Å². The number of ketones is 2. The van der Waals surface area contributed by atoms with Crippen LogP contribution in [0.25, 0.3) is 11.3 Å². The second-order valence-electron chi connectivity index (χ2n) is 29.5. The monoisotopic (exact) mass is 1620 g/mol. The van der Waals surface area contributed by atoms with E-state index in [-0.39, 0.29) is 72.1 Å². The second-order valence-corrected chi connectivity index (χ2v) is 29.5. The zero-order valence-corrected chi connectivity index (χ0v) is 68.1. The molecule has 4 aromatic heterocycles. The van der Waals surface area contributed by atoms with Crippen LogP contribution in [-0.2, 0) is 79.7 Å². The first kappa shape index (κ1) is 90.2. The standard InChI is InChI=1S/C89H111F3N14O12/c1-67-15-19-74(61-72(67)23-25-78-63-97-83-11-5-33-99-105(78)83)81(107)59-70-17-21-76(69(3)57-70)65-103-41-37-101(38-42-103)35-27-87(111)95-31-9-47-115-51-55-117-53-49-113-45-7-29-93-85(109)13-4-14-86(110)94-30-8-46-114-50-54-118-56-52-116-48-10-32-96-88(112)28-36-102-39-43-104(44-40-102)66-77-22-18-71(58-80(77)89(90,91)92)60-82(108)75-20-16-68(2)73(62-75)24-26-79-64-98-84-12-6-34-100-106(79)84/h5-6,11-12,15-22,33-34,57-58,61-64H,4,7-10,13-14,27-32,35-56,59-60,65-66H2,1-3H3,(H,93,109)(H,94,110)(H,95,111)(H,96,112). The Morgan fingerprint density at radius 1 is 0.407 bits per heavy atom. The molecule has 2 fully saturated rings. The molecule has 0 aliphatic carbocycles. The van der Waals surface area contributed by atoms with Crippen LogP contribution in [0.15, 0.2) is 122 Å². The molecule has 2 saturated heterocycles. The summed E-state index contributed by atoms with van der Waals surface area (Å²) in [7, 11) is 0. The van der Waals surface area contributed by atoms with Gasteiger partial charge in [0.25, 0.3) is 0 Å². The molecule has 10 rings (SSSR count). The fraction of sp³-hybridized carbons (Fsp3) is 0.483. The summed E-state index contributed by atoms with van der Waals surface area (Å²) in [5, 5.41) is 20.3. The number of halogens is 3. The maximum atomic E-state index is 14.5. The molecular formula is C89H111F3N14O12. The minimum absolute atomic E-state index is 0.0385. The van der Waals surface area contributed by atoms with Crippen molar-refractivity contribution in [1.82, 2.24) is 70.1 Å². The highest BCUT2D eigenvalue weighted by atomic mass is 19.4. The number of hydrogen-bond donors (Lipinski definition) is 4. The number of piperazine rings is 2. The van der Waals surface area contributed by atoms with Gasteiger partial charge in [0, 0.05) is 204 Å². The number of benzene rings is 4. The van der Waals surface area contributed by atoms with Crippen LogP contribution in [0.2, 0.25) is 0 Å². The Labute approximate surface area is 688 Å². The summed E-state index contributed by atoms with van der Waals surface area (Å²) in [5.74, 6) is 12.0. The van der Waals surface area contributed by atoms with Crippen LogP contribution in [0, 0.1) is 44.5 Å². The Morgan fingerprint density at radius 3 is 1.19 bits per heavy atom. The zero-order chi connectivity index (χ0) is 83.1. The fourth-order valence-electron chi connectivity index (χ4n) is 13.5. The number of hydrogen-bond acceptors (Lipinski definition) is 20. The summed E-state index contributed by atoms with van der Waals surface area (Å²) < 4.78 is 80.5. The summed E-state index contributed by atoms with van der Waals surface area (Å²) in [6, 6.07) is 28.6. The molecule has 2 aliphatic heterocycles. The minimum atomic E-state index is -4.61. The molecule has 29 heteroatoms. The summed E-state index contributed by atoms with van der Waals surface area (Å²) in [6.45, 7) is 21.3. The van der Waals surface area contributed by atoms with Gasteiger partial charge in [-0.1, -0.05) is 66.4 Å². The second kappa shape index (κ2) is 48.7. The van der Waals surface area contributed by atoms with Crippen LogP contribution in [0.1, 0.15) is 146 Å². The normalized spacial score (nSPS) is 13.6. The number of nitrogens with one attached hydrogen (secondary N) is 4. The number of carbonyl (C=O) groups excluding carboxylic acids is 6. The molecule has 0 saturated carbocycles. The first-order valence-electron chi connectivity index (χ1n) is 41.0. The quantitative estimate of drug-likeness (QED) is 0.0158. The van der Waals surface area contributed by atoms with Crippen molar-refractivity contribution in [3.05, 3.63) is 200 Å². The van der Waals surface area contributed by atoms with Gasteiger partial charge in [-0.2, -0.15) is 23.4 Å². The highest BCUT2D eigenvalue weighted by Gasteiger charge is 2.35. The molecular weight excluding hydrogens is 1510 g/mol. The molecule has 118 heavy (non-hydrogen) atoms. The number of amides is 4. The van der Waals surface area contributed by atoms with E-state index in [1.54, 1.807) is 64.2 Å². The number of rotatable bonds is 48. The smallest absolute Gasteiger partial charge is 0.379 e. The largest absolute Gasteiger partial charge is 0.416 e. The van der Waals surface area contributed by atoms with Crippen molar-refractivity contribution < 1.29 is 70.4 Å². The number of aryl methyl sites for hydroxylation is 3. The number of imidazole rings is 2. The van der Waals surface area contributed by atoms with Gasteiger partial charge in [0.05, 0.1) is 70.8 Å². The predicted octanol–water partition coefficient (Wildman–Crippen LogP) is 8.38. The van der Waals surface area contributed by atoms with Gasteiger partial charge >= 0.3 is 6.18 Å². The average Bonchev–Trinajstić information content (AvgIpc) is 1.00. The highest BCUT2D eigenvalue weighted by molar-refractivity contribution is 5.98. The number of ether oxygens (including phenoxy) is 6. The van der Waals surface area contributed by atoms with Gasteiger partial charge in [0.1, 0.15) is 11.4 Å². The highest BCUT2D eigenvalue weighted by Crippen LogP contribution is 2.34. The molecule has 0 bridgehead atoms. The number of Topliss-reactive ketones (excluding diaryl/α,β-unsaturated/α-hetero) is 2. The van der Waals surface area contributed by atoms with Crippen molar-refractivity contribution in [3.8, 4) is 23.7 Å². The molecule has 6 heterocycles. The Hall–Kier alpha value is -10.2. The van der Waals surface area contributed by atoms with Crippen molar-refractivity contribution in [2.45, 2.75) is 111 Å². The van der Waals surface area contributed by atoms with Crippen LogP contribution in [-0.4, -0.2) is 255 Å². The van der Waals surface area contributed by atoms with E-state index in [1.807, 2.05) is 55.1 Å². The lowest BCUT2D eigenvalue weighted by Gasteiger charge is -2.35. The van der Waals surface area contributed by atoms with Crippen LogP contribution < -0.4 is 21.3 Å². The number of carbonyl (C=O) groups is 6. The molecule has 0 spiro atoms. The molecule has 2 aliphatic rings. The van der Waals surface area contributed by atoms with E-state index >= 15 is 0 Å². The van der Waals surface area contributed by atoms with Crippen LogP contribution in [0.5, 0.6) is 0 Å². The van der Waals surface area contributed by atoms with E-state index in [0.717, 1.165) is 78.8 Å². The summed E-state index contributed by atoms with van der Waals surface area (Å²) in [5.41, 5.74) is 9.93. The topological polar surface area (TPSA) is 279 Å². The van der Waals surface area contributed by atoms with Crippen molar-refractivity contribution in [2.24, 2.45) is 0 Å². The lowest BCUT2D eigenvalue weighted by atomic mass is 9.96. The number of fused-ring (bicyclic) bond motifs is 2. The van der Waals surface area contributed by atoms with Crippen molar-refractivity contribution in [2.75, 3.05) is 171 Å². The Kier molecular flexibility index (Phi) is 37.2. The van der Waals surface area contributed by atoms with E-state index in [4.69, 9.17) is 28.4 Å². The molecule has 4 amide bonds. The summed E-state index contributed by atoms with van der Waals surface area (Å²) in [6.07, 6.45) is 6.48. The Morgan fingerprint density at radius 2 is 0.780 bits per heavy atom. The van der Waals surface area contributed by atoms with Gasteiger partial charge in [0.15, 0.2) is 22.9 Å². The van der Waals surface area contributed by atoms with Crippen molar-refractivity contribution >= 4 is 46.5 Å². The maximum Gasteiger partial charge on any atom is 0.416 e. The van der Waals surface area contributed by atoms with Crippen molar-refractivity contribution in [3.63, 3.8) is 0 Å². The first-order chi connectivity index (χ1) is 57.4. The van der Waals surface area contributed by atoms with E-state index in [2.05, 4.69) is 105 Å². The first-order valence-corrected chi connectivity index (χ1v) is 41.0. The van der Waals surface area contributed by atoms with Gasteiger partial charge in [-0.3, -0.25) is 38.6 Å². The number of alkyl halides is 3. The Bertz CT molecular complexity index is 4710. The van der Waals surface area contributed by atoms with E-state index in [9.17, 15) is 41.9 Å². The summed E-state index contributed by atoms with van der Waals surface area (Å²) >= 11 is 0. The van der Waals surface area contributed by atoms with E-state index < -0.39 is 11.7 Å². The third-order valence-corrected chi connectivity index (χ3v) is 20.4. The molecule has 0 unspecified atom stereocenters. The fourth-order valence-corrected chi connectivity index (χ4v) is 13.5. The predicted molar refractivity (Wildman–Crippen MR) is 441 cm³/mol. The molecule has 630 valence electrons. The zero-order valence-electron chi connectivity index (χ0n) is 68.1. The molecule has 26 nitrogen and oxygen atoms in total. The van der Waals surface area contributed by atoms with Crippen molar-refractivity contribution in [1.29, 1.82) is 0 Å². The molecule has 4 N–H and O–H groups in total. The number of nitrogens with zero attached hydrogens (tertiary/aromatic N) is 10. The SMILES string of the molecule is Cc1ccc(C(=O)Cc2ccc(CN3CCN(CCC(=O)NCCCOCCOCCOCCCNC(=O)CCCC(=O)NCCCOCCOCCOCCCNC(=O)CCN4CCN(Cc5ccc(CC(=O)c6ccc(C)c(C#Cc7cnc8cccnn78)c6)cc5C(F)(F)F)CC4)CC3)c(C)c2)cc1C#Cc1cnc2cccnn12. The van der Waals surface area contributed by atoms with E-state index in [0.29, 0.717) is 223 Å².